The third-order valence-electron chi connectivity index (χ3n) is 2.81. The van der Waals surface area contributed by atoms with Crippen molar-refractivity contribution >= 4 is 33.2 Å². The molecule has 2 aromatic rings. The van der Waals surface area contributed by atoms with Gasteiger partial charge in [-0.15, -0.1) is 0 Å². The number of ether oxygens (including phenoxy) is 1. The highest BCUT2D eigenvalue weighted by molar-refractivity contribution is 9.08. The summed E-state index contributed by atoms with van der Waals surface area (Å²) in [5, 5.41) is 11.6. The second kappa shape index (κ2) is 6.24. The van der Waals surface area contributed by atoms with Gasteiger partial charge in [-0.25, -0.2) is 0 Å². The first-order valence-electron chi connectivity index (χ1n) is 5.78. The van der Waals surface area contributed by atoms with Gasteiger partial charge in [0.15, 0.2) is 0 Å². The Hall–Kier alpha value is -1.59. The number of rotatable bonds is 4. The van der Waals surface area contributed by atoms with Gasteiger partial charge in [0.05, 0.1) is 9.95 Å². The molecule has 0 fully saturated rings. The molecule has 0 aliphatic rings. The van der Waals surface area contributed by atoms with Crippen molar-refractivity contribution < 1.29 is 9.66 Å². The quantitative estimate of drug-likeness (QED) is 0.427. The van der Waals surface area contributed by atoms with E-state index >= 15 is 0 Å². The predicted molar refractivity (Wildman–Crippen MR) is 82.0 cm³/mol. The van der Waals surface area contributed by atoms with Crippen LogP contribution in [0.2, 0.25) is 5.02 Å². The molecule has 104 valence electrons. The van der Waals surface area contributed by atoms with Crippen LogP contribution in [-0.4, -0.2) is 4.92 Å². The van der Waals surface area contributed by atoms with Gasteiger partial charge in [-0.3, -0.25) is 10.1 Å². The van der Waals surface area contributed by atoms with Crippen molar-refractivity contribution in [3.63, 3.8) is 0 Å². The van der Waals surface area contributed by atoms with Gasteiger partial charge in [0.2, 0.25) is 0 Å². The zero-order valence-electron chi connectivity index (χ0n) is 10.6. The minimum Gasteiger partial charge on any atom is -0.456 e. The van der Waals surface area contributed by atoms with Gasteiger partial charge in [-0.05, 0) is 36.2 Å². The SMILES string of the molecule is Cc1cc(Oc2ccc([N+](=O)[O-])cc2Cl)ccc1CBr. The van der Waals surface area contributed by atoms with Crippen molar-refractivity contribution in [2.24, 2.45) is 0 Å². The summed E-state index contributed by atoms with van der Waals surface area (Å²) in [7, 11) is 0. The molecule has 0 aliphatic carbocycles. The standard InChI is InChI=1S/C14H11BrClNO3/c1-9-6-12(4-2-10(9)8-15)20-14-5-3-11(17(18)19)7-13(14)16/h2-7H,8H2,1H3. The molecule has 0 heterocycles. The van der Waals surface area contributed by atoms with E-state index in [4.69, 9.17) is 16.3 Å². The van der Waals surface area contributed by atoms with Crippen LogP contribution in [0.25, 0.3) is 0 Å². The lowest BCUT2D eigenvalue weighted by atomic mass is 10.1. The Morgan fingerprint density at radius 3 is 2.60 bits per heavy atom. The molecule has 0 N–H and O–H groups in total. The highest BCUT2D eigenvalue weighted by Crippen LogP contribution is 2.33. The first-order valence-corrected chi connectivity index (χ1v) is 7.28. The van der Waals surface area contributed by atoms with Gasteiger partial charge in [0.1, 0.15) is 11.5 Å². The van der Waals surface area contributed by atoms with Crippen LogP contribution >= 0.6 is 27.5 Å². The maximum atomic E-state index is 10.6. The monoisotopic (exact) mass is 355 g/mol. The normalized spacial score (nSPS) is 10.3. The molecule has 0 bridgehead atoms. The number of non-ortho nitro benzene ring substituents is 1. The van der Waals surface area contributed by atoms with E-state index in [1.165, 1.54) is 23.8 Å². The predicted octanol–water partition coefficient (Wildman–Crippen LogP) is 5.24. The fourth-order valence-electron chi connectivity index (χ4n) is 1.69. The summed E-state index contributed by atoms with van der Waals surface area (Å²) in [5.41, 5.74) is 2.21. The minimum absolute atomic E-state index is 0.0619. The number of hydrogen-bond acceptors (Lipinski definition) is 3. The molecule has 2 aromatic carbocycles. The lowest BCUT2D eigenvalue weighted by molar-refractivity contribution is -0.384. The molecule has 20 heavy (non-hydrogen) atoms. The summed E-state index contributed by atoms with van der Waals surface area (Å²) < 4.78 is 5.65. The van der Waals surface area contributed by atoms with Gasteiger partial charge in [-0.1, -0.05) is 33.6 Å². The van der Waals surface area contributed by atoms with Gasteiger partial charge in [0, 0.05) is 17.5 Å². The molecule has 6 heteroatoms. The average Bonchev–Trinajstić information content (AvgIpc) is 2.41. The zero-order chi connectivity index (χ0) is 14.7. The van der Waals surface area contributed by atoms with E-state index in [-0.39, 0.29) is 10.7 Å². The maximum absolute atomic E-state index is 10.6. The van der Waals surface area contributed by atoms with Gasteiger partial charge in [0.25, 0.3) is 5.69 Å². The first kappa shape index (κ1) is 14.8. The fraction of sp³-hybridized carbons (Fsp3) is 0.143. The van der Waals surface area contributed by atoms with Crippen molar-refractivity contribution in [2.75, 3.05) is 0 Å². The van der Waals surface area contributed by atoms with Crippen molar-refractivity contribution in [3.8, 4) is 11.5 Å². The Labute approximate surface area is 129 Å². The number of halogens is 2. The summed E-state index contributed by atoms with van der Waals surface area (Å²) in [6, 6.07) is 9.82. The number of hydrogen-bond donors (Lipinski definition) is 0. The van der Waals surface area contributed by atoms with Gasteiger partial charge < -0.3 is 4.74 Å². The van der Waals surface area contributed by atoms with Crippen molar-refractivity contribution in [1.82, 2.24) is 0 Å². The second-order valence-electron chi connectivity index (χ2n) is 4.20. The number of nitrogens with zero attached hydrogens (tertiary/aromatic N) is 1. The van der Waals surface area contributed by atoms with E-state index in [2.05, 4.69) is 15.9 Å². The van der Waals surface area contributed by atoms with Gasteiger partial charge in [-0.2, -0.15) is 0 Å². The number of benzene rings is 2. The van der Waals surface area contributed by atoms with Crippen molar-refractivity contribution in [2.45, 2.75) is 12.3 Å². The first-order chi connectivity index (χ1) is 9.51. The molecule has 0 aromatic heterocycles. The second-order valence-corrected chi connectivity index (χ2v) is 5.16. The number of aryl methyl sites for hydroxylation is 1. The fourth-order valence-corrected chi connectivity index (χ4v) is 2.54. The largest absolute Gasteiger partial charge is 0.456 e. The molecule has 0 atom stereocenters. The van der Waals surface area contributed by atoms with Crippen LogP contribution in [0.1, 0.15) is 11.1 Å². The maximum Gasteiger partial charge on any atom is 0.271 e. The summed E-state index contributed by atoms with van der Waals surface area (Å²) in [6.45, 7) is 1.99. The van der Waals surface area contributed by atoms with E-state index in [1.807, 2.05) is 25.1 Å². The molecule has 0 saturated heterocycles. The van der Waals surface area contributed by atoms with E-state index in [1.54, 1.807) is 0 Å². The molecule has 0 amide bonds. The third kappa shape index (κ3) is 3.29. The van der Waals surface area contributed by atoms with E-state index in [9.17, 15) is 10.1 Å². The molecule has 2 rings (SSSR count). The molecular formula is C14H11BrClNO3. The Kier molecular flexibility index (Phi) is 4.62. The summed E-state index contributed by atoms with van der Waals surface area (Å²) in [6.07, 6.45) is 0. The van der Waals surface area contributed by atoms with Crippen molar-refractivity contribution in [1.29, 1.82) is 0 Å². The molecular weight excluding hydrogens is 346 g/mol. The van der Waals surface area contributed by atoms with Crippen LogP contribution in [-0.2, 0) is 5.33 Å². The highest BCUT2D eigenvalue weighted by Gasteiger charge is 2.11. The number of nitro groups is 1. The Balaban J connectivity index is 2.26. The third-order valence-corrected chi connectivity index (χ3v) is 3.71. The topological polar surface area (TPSA) is 52.4 Å². The van der Waals surface area contributed by atoms with Crippen LogP contribution in [0, 0.1) is 17.0 Å². The van der Waals surface area contributed by atoms with E-state index in [0.717, 1.165) is 10.9 Å². The van der Waals surface area contributed by atoms with Crippen LogP contribution in [0.4, 0.5) is 5.69 Å². The smallest absolute Gasteiger partial charge is 0.271 e. The highest BCUT2D eigenvalue weighted by atomic mass is 79.9. The average molecular weight is 357 g/mol. The molecule has 0 saturated carbocycles. The Bertz CT molecular complexity index is 661. The van der Waals surface area contributed by atoms with Gasteiger partial charge >= 0.3 is 0 Å². The van der Waals surface area contributed by atoms with Crippen LogP contribution in [0.3, 0.4) is 0 Å². The van der Waals surface area contributed by atoms with E-state index in [0.29, 0.717) is 11.5 Å². The van der Waals surface area contributed by atoms with Crippen LogP contribution in [0.5, 0.6) is 11.5 Å². The Morgan fingerprint density at radius 1 is 1.30 bits per heavy atom. The van der Waals surface area contributed by atoms with E-state index < -0.39 is 4.92 Å². The minimum atomic E-state index is -0.495. The molecule has 0 spiro atoms. The Morgan fingerprint density at radius 2 is 2.05 bits per heavy atom. The lowest BCUT2D eigenvalue weighted by Gasteiger charge is -2.09. The van der Waals surface area contributed by atoms with Crippen LogP contribution < -0.4 is 4.74 Å². The number of alkyl halides is 1. The molecule has 0 radical (unpaired) electrons. The lowest BCUT2D eigenvalue weighted by Crippen LogP contribution is -1.91. The van der Waals surface area contributed by atoms with Crippen molar-refractivity contribution in [3.05, 3.63) is 62.7 Å². The number of nitro benzene ring substituents is 1. The molecule has 4 nitrogen and oxygen atoms in total. The van der Waals surface area contributed by atoms with Crippen LogP contribution in [0.15, 0.2) is 36.4 Å². The molecule has 0 unspecified atom stereocenters. The zero-order valence-corrected chi connectivity index (χ0v) is 12.9. The summed E-state index contributed by atoms with van der Waals surface area (Å²) in [4.78, 5) is 10.1. The summed E-state index contributed by atoms with van der Waals surface area (Å²) >= 11 is 9.39. The summed E-state index contributed by atoms with van der Waals surface area (Å²) in [5.74, 6) is 1.03. The molecule has 0 aliphatic heterocycles.